The Morgan fingerprint density at radius 3 is 1.35 bits per heavy atom. The number of likely N-dealkylation sites (tertiary alicyclic amines) is 4. The first kappa shape index (κ1) is 63.3. The highest BCUT2D eigenvalue weighted by atomic mass is 19.2. The minimum atomic E-state index is -1.04. The molecule has 440 valence electrons. The maximum absolute atomic E-state index is 14.2. The van der Waals surface area contributed by atoms with Crippen molar-refractivity contribution in [2.75, 3.05) is 60.5 Å². The molecule has 2 aromatic carbocycles. The predicted molar refractivity (Wildman–Crippen MR) is 287 cm³/mol. The number of urea groups is 2. The monoisotopic (exact) mass is 1120 g/mol. The molecule has 9 amide bonds. The summed E-state index contributed by atoms with van der Waals surface area (Å²) < 4.78 is 71.1. The molecule has 0 aliphatic carbocycles. The molecule has 0 saturated carbocycles. The Bertz CT molecular complexity index is 2540. The number of ether oxygens (including phenoxy) is 3. The second-order valence-corrected chi connectivity index (χ2v) is 24.2. The van der Waals surface area contributed by atoms with Gasteiger partial charge in [0.15, 0.2) is 23.3 Å². The molecule has 4 N–H and O–H groups in total. The van der Waals surface area contributed by atoms with Gasteiger partial charge in [0.2, 0.25) is 23.6 Å². The molecule has 23 heteroatoms. The number of carbonyl (C=O) groups excluding carboxylic acids is 7. The summed E-state index contributed by atoms with van der Waals surface area (Å²) in [6.07, 6.45) is 1.12. The summed E-state index contributed by atoms with van der Waals surface area (Å²) >= 11 is 0. The van der Waals surface area contributed by atoms with Gasteiger partial charge in [0, 0.05) is 77.2 Å². The van der Waals surface area contributed by atoms with Gasteiger partial charge in [-0.05, 0) is 82.1 Å². The molecule has 10 atom stereocenters. The van der Waals surface area contributed by atoms with Gasteiger partial charge in [0.25, 0.3) is 0 Å². The lowest BCUT2D eigenvalue weighted by molar-refractivity contribution is -0.142. The summed E-state index contributed by atoms with van der Waals surface area (Å²) in [6.45, 7) is 23.3. The normalized spacial score (nSPS) is 22.3. The SMILES string of the molecule is CC[C@@H](C)C(=O)N[C@H](C(=O)N1CC[C@@H]2[C@H]1[C@@H](COc1ccc(F)c(F)c1)CN2C(=O)NC)C(C)(C)C.CNC(=O)N1C[C@H](COc2ccc(F)c(F)c2)[C@@H]2[C@H]1CCN2C(=O)[C@@H](NC(=O)[C@H](C)N(C)C(=O)OC(C)(C)C)C(C)(C)C. The van der Waals surface area contributed by atoms with Crippen LogP contribution in [0.5, 0.6) is 11.5 Å². The van der Waals surface area contributed by atoms with E-state index in [0.29, 0.717) is 38.9 Å². The van der Waals surface area contributed by atoms with Crippen molar-refractivity contribution < 1.29 is 65.3 Å². The zero-order chi connectivity index (χ0) is 59.2. The third-order valence-electron chi connectivity index (χ3n) is 15.2. The molecule has 19 nitrogen and oxygen atoms in total. The minimum Gasteiger partial charge on any atom is -0.493 e. The Kier molecular flexibility index (Phi) is 20.6. The van der Waals surface area contributed by atoms with Gasteiger partial charge in [0.05, 0.1) is 37.4 Å². The highest BCUT2D eigenvalue weighted by Gasteiger charge is 2.55. The Morgan fingerprint density at radius 1 is 0.620 bits per heavy atom. The lowest BCUT2D eigenvalue weighted by Gasteiger charge is -2.38. The Hall–Kier alpha value is -6.55. The zero-order valence-corrected chi connectivity index (χ0v) is 48.4. The molecule has 4 aliphatic rings. The van der Waals surface area contributed by atoms with Crippen LogP contribution in [0.15, 0.2) is 36.4 Å². The number of benzene rings is 2. The maximum Gasteiger partial charge on any atom is 0.410 e. The fourth-order valence-corrected chi connectivity index (χ4v) is 10.5. The van der Waals surface area contributed by atoms with Crippen molar-refractivity contribution in [2.45, 2.75) is 150 Å². The number of amides is 9. The number of carbonyl (C=O) groups is 7. The third-order valence-corrected chi connectivity index (χ3v) is 15.2. The Labute approximate surface area is 462 Å². The van der Waals surface area contributed by atoms with Crippen LogP contribution >= 0.6 is 0 Å². The molecule has 0 unspecified atom stereocenters. The van der Waals surface area contributed by atoms with Gasteiger partial charge in [-0.25, -0.2) is 31.9 Å². The largest absolute Gasteiger partial charge is 0.493 e. The molecule has 2 aromatic rings. The predicted octanol–water partition coefficient (Wildman–Crippen LogP) is 6.53. The number of hydrogen-bond donors (Lipinski definition) is 4. The van der Waals surface area contributed by atoms with Crippen LogP contribution in [0, 0.1) is 51.9 Å². The number of nitrogens with one attached hydrogen (secondary N) is 4. The van der Waals surface area contributed by atoms with Gasteiger partial charge in [-0.15, -0.1) is 0 Å². The summed E-state index contributed by atoms with van der Waals surface area (Å²) in [5.74, 6) is -5.71. The van der Waals surface area contributed by atoms with E-state index in [-0.39, 0.29) is 96.9 Å². The average Bonchev–Trinajstić information content (AvgIpc) is 4.40. The van der Waals surface area contributed by atoms with E-state index >= 15 is 0 Å². The number of halogens is 4. The highest BCUT2D eigenvalue weighted by molar-refractivity contribution is 5.92. The van der Waals surface area contributed by atoms with Crippen LogP contribution < -0.4 is 30.7 Å². The fourth-order valence-electron chi connectivity index (χ4n) is 10.5. The Morgan fingerprint density at radius 2 is 1.01 bits per heavy atom. The van der Waals surface area contributed by atoms with E-state index in [1.54, 1.807) is 54.3 Å². The maximum atomic E-state index is 14.2. The summed E-state index contributed by atoms with van der Waals surface area (Å²) in [5.41, 5.74) is -1.98. The van der Waals surface area contributed by atoms with Crippen LogP contribution in [0.2, 0.25) is 0 Å². The third kappa shape index (κ3) is 15.2. The number of rotatable bonds is 14. The second kappa shape index (κ2) is 25.7. The smallest absolute Gasteiger partial charge is 0.410 e. The van der Waals surface area contributed by atoms with E-state index in [4.69, 9.17) is 14.2 Å². The van der Waals surface area contributed by atoms with Crippen molar-refractivity contribution in [1.82, 2.24) is 45.8 Å². The first-order valence-corrected chi connectivity index (χ1v) is 27.0. The topological polar surface area (TPSA) is 212 Å². The number of nitrogens with zero attached hydrogens (tertiary/aromatic N) is 5. The summed E-state index contributed by atoms with van der Waals surface area (Å²) in [5, 5.41) is 11.1. The number of hydrogen-bond acceptors (Lipinski definition) is 10. The van der Waals surface area contributed by atoms with Crippen molar-refractivity contribution in [3.05, 3.63) is 59.7 Å². The minimum absolute atomic E-state index is 0.0494. The van der Waals surface area contributed by atoms with Crippen molar-refractivity contribution in [3.63, 3.8) is 0 Å². The van der Waals surface area contributed by atoms with Crippen molar-refractivity contribution >= 4 is 41.8 Å². The van der Waals surface area contributed by atoms with Gasteiger partial charge < -0.3 is 55.1 Å². The molecule has 79 heavy (non-hydrogen) atoms. The quantitative estimate of drug-likeness (QED) is 0.150. The molecule has 0 aromatic heterocycles. The zero-order valence-electron chi connectivity index (χ0n) is 48.4. The van der Waals surface area contributed by atoms with E-state index < -0.39 is 75.9 Å². The van der Waals surface area contributed by atoms with E-state index in [1.165, 1.54) is 31.1 Å². The highest BCUT2D eigenvalue weighted by Crippen LogP contribution is 2.40. The lowest BCUT2D eigenvalue weighted by atomic mass is 9.84. The van der Waals surface area contributed by atoms with Crippen molar-refractivity contribution in [3.8, 4) is 11.5 Å². The van der Waals surface area contributed by atoms with E-state index in [1.807, 2.05) is 55.4 Å². The first-order valence-electron chi connectivity index (χ1n) is 27.0. The van der Waals surface area contributed by atoms with Gasteiger partial charge >= 0.3 is 18.2 Å². The lowest BCUT2D eigenvalue weighted by Crippen LogP contribution is -2.60. The average molecular weight is 1120 g/mol. The van der Waals surface area contributed by atoms with Gasteiger partial charge in [0.1, 0.15) is 35.2 Å². The van der Waals surface area contributed by atoms with Crippen LogP contribution in [0.4, 0.5) is 31.9 Å². The fraction of sp³-hybridized carbons (Fsp3) is 0.661. The molecular formula is C56H83F4N9O10. The van der Waals surface area contributed by atoms with Crippen molar-refractivity contribution in [2.24, 2.45) is 28.6 Å². The molecule has 4 heterocycles. The van der Waals surface area contributed by atoms with Crippen LogP contribution in [0.3, 0.4) is 0 Å². The molecule has 0 radical (unpaired) electrons. The van der Waals surface area contributed by atoms with Gasteiger partial charge in [-0.3, -0.25) is 24.1 Å². The van der Waals surface area contributed by atoms with Crippen LogP contribution in [0.1, 0.15) is 102 Å². The van der Waals surface area contributed by atoms with E-state index in [2.05, 4.69) is 21.3 Å². The standard InChI is InChI=1S/C30H45F2N5O6.C26H38F2N4O4/c1-17(35(9)28(41)43-30(5,6)7)25(38)34-24(29(2,3)4)26(39)36-13-12-22-23(36)18(15-37(22)27(40)33-8)16-42-19-10-11-20(31)21(32)14-19;1-7-15(2)23(33)30-22(26(3,4)5)24(34)31-11-10-20-21(31)16(13-32(20)25(35)29-6)14-36-17-8-9-18(27)19(28)12-17/h10-11,14,17-18,22-24H,12-13,15-16H2,1-9H3,(H,33,40)(H,34,38);8-9,12,15-16,20-22H,7,10-11,13-14H2,1-6H3,(H,29,35)(H,30,33)/t17-,18+,22+,23+,24+;15-,16-,20-,21-,22-/m01/s1. The van der Waals surface area contributed by atoms with Crippen LogP contribution in [-0.2, 0) is 23.9 Å². The van der Waals surface area contributed by atoms with Crippen molar-refractivity contribution in [1.29, 1.82) is 0 Å². The molecule has 0 spiro atoms. The number of likely N-dealkylation sites (N-methyl/N-ethyl adjacent to an activating group) is 1. The summed E-state index contributed by atoms with van der Waals surface area (Å²) in [7, 11) is 4.54. The van der Waals surface area contributed by atoms with E-state index in [0.717, 1.165) is 24.3 Å². The van der Waals surface area contributed by atoms with Gasteiger partial charge in [-0.2, -0.15) is 0 Å². The molecule has 4 saturated heterocycles. The number of fused-ring (bicyclic) bond motifs is 2. The molecule has 4 aliphatic heterocycles. The van der Waals surface area contributed by atoms with Crippen LogP contribution in [-0.4, -0.2) is 175 Å². The molecular weight excluding hydrogens is 1030 g/mol. The van der Waals surface area contributed by atoms with Crippen LogP contribution in [0.25, 0.3) is 0 Å². The summed E-state index contributed by atoms with van der Waals surface area (Å²) in [4.78, 5) is 100. The first-order chi connectivity index (χ1) is 36.7. The molecule has 0 bridgehead atoms. The van der Waals surface area contributed by atoms with E-state index in [9.17, 15) is 51.1 Å². The Balaban J connectivity index is 0.000000295. The summed E-state index contributed by atoms with van der Waals surface area (Å²) in [6, 6.07) is 2.16. The molecule has 6 rings (SSSR count). The van der Waals surface area contributed by atoms with Gasteiger partial charge in [-0.1, -0.05) is 55.4 Å². The second-order valence-electron chi connectivity index (χ2n) is 24.2. The molecule has 4 fully saturated rings.